The van der Waals surface area contributed by atoms with Gasteiger partial charge < -0.3 is 11.5 Å². The van der Waals surface area contributed by atoms with Crippen LogP contribution in [0.1, 0.15) is 0 Å². The van der Waals surface area contributed by atoms with Crippen molar-refractivity contribution in [2.45, 2.75) is 0 Å². The van der Waals surface area contributed by atoms with Crippen molar-refractivity contribution in [2.24, 2.45) is 0 Å². The molecule has 0 aliphatic carbocycles. The Morgan fingerprint density at radius 2 is 1.25 bits per heavy atom. The Kier molecular flexibility index (Phi) is 1.08. The second-order valence-electron chi connectivity index (χ2n) is 1.63. The number of nitrogens with two attached hydrogens (primary N) is 2. The fourth-order valence-electron chi connectivity index (χ4n) is 0.511. The third kappa shape index (κ3) is 0.729. The number of hydrogen-bond donors (Lipinski definition) is 2. The molecule has 0 aliphatic rings. The molecular weight excluding hydrogens is 102 g/mol. The summed E-state index contributed by atoms with van der Waals surface area (Å²) >= 11 is 0. The lowest BCUT2D eigenvalue weighted by Gasteiger charge is -1.94. The maximum Gasteiger partial charge on any atom is 0.0547 e. The van der Waals surface area contributed by atoms with Gasteiger partial charge in [-0.2, -0.15) is 0 Å². The second kappa shape index (κ2) is 1.74. The molecule has 0 aromatic heterocycles. The molecule has 1 aromatic carbocycles. The lowest BCUT2D eigenvalue weighted by Crippen LogP contribution is -1.91. The van der Waals surface area contributed by atoms with E-state index in [1.807, 2.05) is 12.1 Å². The zero-order chi connectivity index (χ0) is 5.98. The summed E-state index contributed by atoms with van der Waals surface area (Å²) in [5.41, 5.74) is 12.1. The molecule has 0 amide bonds. The van der Waals surface area contributed by atoms with E-state index in [0.29, 0.717) is 11.4 Å². The van der Waals surface area contributed by atoms with Gasteiger partial charge in [0.1, 0.15) is 0 Å². The Labute approximate surface area is 48.1 Å². The van der Waals surface area contributed by atoms with E-state index in [-0.39, 0.29) is 0 Å². The van der Waals surface area contributed by atoms with Crippen LogP contribution in [0.2, 0.25) is 0 Å². The van der Waals surface area contributed by atoms with Crippen molar-refractivity contribution >= 4 is 11.4 Å². The number of benzene rings is 1. The predicted molar refractivity (Wildman–Crippen MR) is 35.3 cm³/mol. The molecular formula is C6H8N2. The number of anilines is 2. The molecule has 2 heteroatoms. The molecule has 4 N–H and O–H groups in total. The Morgan fingerprint density at radius 3 is 1.50 bits per heavy atom. The smallest absolute Gasteiger partial charge is 0.0547 e. The summed E-state index contributed by atoms with van der Waals surface area (Å²) in [5.74, 6) is 0. The van der Waals surface area contributed by atoms with Crippen LogP contribution in [0.3, 0.4) is 0 Å². The Hall–Kier alpha value is -1.18. The second-order valence-corrected chi connectivity index (χ2v) is 1.63. The van der Waals surface area contributed by atoms with E-state index < -0.39 is 0 Å². The first kappa shape index (κ1) is 4.97. The zero-order valence-corrected chi connectivity index (χ0v) is 4.46. The highest BCUT2D eigenvalue weighted by molar-refractivity contribution is 5.62. The molecule has 0 radical (unpaired) electrons. The third-order valence-electron chi connectivity index (χ3n) is 0.996. The van der Waals surface area contributed by atoms with Crippen LogP contribution in [0.4, 0.5) is 11.4 Å². The van der Waals surface area contributed by atoms with E-state index >= 15 is 0 Å². The monoisotopic (exact) mass is 110 g/mol. The van der Waals surface area contributed by atoms with Crippen LogP contribution in [-0.2, 0) is 0 Å². The minimum atomic E-state index is 0.646. The van der Waals surface area contributed by atoms with E-state index in [0.717, 1.165) is 0 Å². The Balaban J connectivity index is 3.13. The van der Waals surface area contributed by atoms with Crippen molar-refractivity contribution in [1.82, 2.24) is 0 Å². The van der Waals surface area contributed by atoms with Gasteiger partial charge in [0.15, 0.2) is 0 Å². The lowest BCUT2D eigenvalue weighted by atomic mass is 10.3. The minimum Gasteiger partial charge on any atom is -0.397 e. The Bertz CT molecular complexity index is 163. The van der Waals surface area contributed by atoms with Gasteiger partial charge in [-0.25, -0.2) is 0 Å². The SMILES string of the molecule is [15NH2]c1ccccc1[15NH2]. The normalized spacial score (nSPS) is 9.00. The first-order valence-corrected chi connectivity index (χ1v) is 2.40. The average molecular weight is 110 g/mol. The molecule has 0 spiro atoms. The molecule has 8 heavy (non-hydrogen) atoms. The molecule has 1 aromatic rings. The first-order valence-electron chi connectivity index (χ1n) is 2.40. The number of nitrogen functional groups attached to an aromatic ring is 2. The topological polar surface area (TPSA) is 52.0 Å². The largest absolute Gasteiger partial charge is 0.397 e. The molecule has 0 atom stereocenters. The van der Waals surface area contributed by atoms with Crippen molar-refractivity contribution in [3.63, 3.8) is 0 Å². The average Bonchev–Trinajstić information content (AvgIpc) is 1.77. The summed E-state index contributed by atoms with van der Waals surface area (Å²) in [6, 6.07) is 7.25. The van der Waals surface area contributed by atoms with E-state index in [1.54, 1.807) is 12.1 Å². The van der Waals surface area contributed by atoms with Crippen LogP contribution in [0, 0.1) is 0 Å². The van der Waals surface area contributed by atoms with Crippen molar-refractivity contribution in [2.75, 3.05) is 11.5 Å². The summed E-state index contributed by atoms with van der Waals surface area (Å²) in [7, 11) is 0. The van der Waals surface area contributed by atoms with Crippen molar-refractivity contribution in [3.05, 3.63) is 24.3 Å². The lowest BCUT2D eigenvalue weighted by molar-refractivity contribution is 1.67. The molecule has 0 heterocycles. The van der Waals surface area contributed by atoms with Crippen LogP contribution >= 0.6 is 0 Å². The van der Waals surface area contributed by atoms with Crippen LogP contribution in [0.15, 0.2) is 24.3 Å². The number of para-hydroxylation sites is 2. The molecule has 1 rings (SSSR count). The van der Waals surface area contributed by atoms with Crippen LogP contribution < -0.4 is 11.5 Å². The van der Waals surface area contributed by atoms with Crippen LogP contribution in [0.5, 0.6) is 0 Å². The van der Waals surface area contributed by atoms with Gasteiger partial charge in [0.05, 0.1) is 11.4 Å². The Morgan fingerprint density at radius 1 is 0.875 bits per heavy atom. The maximum absolute atomic E-state index is 5.39. The quantitative estimate of drug-likeness (QED) is 0.384. The minimum absolute atomic E-state index is 0.646. The van der Waals surface area contributed by atoms with Gasteiger partial charge in [0, 0.05) is 0 Å². The standard InChI is InChI=1S/C6H8N2/c7-5-3-1-2-4-6(5)8/h1-4H,7-8H2/i7+1,8+1. The van der Waals surface area contributed by atoms with Gasteiger partial charge in [-0.05, 0) is 12.1 Å². The van der Waals surface area contributed by atoms with Gasteiger partial charge in [-0.1, -0.05) is 12.1 Å². The third-order valence-corrected chi connectivity index (χ3v) is 0.996. The highest BCUT2D eigenvalue weighted by Crippen LogP contribution is 2.10. The fraction of sp³-hybridized carbons (Fsp3) is 0. The van der Waals surface area contributed by atoms with Gasteiger partial charge in [0.25, 0.3) is 0 Å². The van der Waals surface area contributed by atoms with Crippen LogP contribution in [0.25, 0.3) is 0 Å². The highest BCUT2D eigenvalue weighted by atomic mass is 15.4. The molecule has 0 fully saturated rings. The van der Waals surface area contributed by atoms with Gasteiger partial charge in [-0.3, -0.25) is 0 Å². The molecule has 0 saturated carbocycles. The predicted octanol–water partition coefficient (Wildman–Crippen LogP) is 0.851. The molecule has 2 nitrogen and oxygen atoms in total. The summed E-state index contributed by atoms with van der Waals surface area (Å²) in [5, 5.41) is 0. The van der Waals surface area contributed by atoms with Crippen molar-refractivity contribution < 1.29 is 0 Å². The summed E-state index contributed by atoms with van der Waals surface area (Å²) in [6.07, 6.45) is 0. The van der Waals surface area contributed by atoms with E-state index in [4.69, 9.17) is 11.5 Å². The first-order chi connectivity index (χ1) is 3.80. The van der Waals surface area contributed by atoms with Crippen molar-refractivity contribution in [1.29, 1.82) is 0 Å². The van der Waals surface area contributed by atoms with E-state index in [1.165, 1.54) is 0 Å². The molecule has 0 bridgehead atoms. The maximum atomic E-state index is 5.39. The molecule has 0 saturated heterocycles. The van der Waals surface area contributed by atoms with Crippen LogP contribution in [-0.4, -0.2) is 0 Å². The van der Waals surface area contributed by atoms with Gasteiger partial charge in [-0.15, -0.1) is 0 Å². The van der Waals surface area contributed by atoms with Gasteiger partial charge in [0.2, 0.25) is 0 Å². The summed E-state index contributed by atoms with van der Waals surface area (Å²) in [4.78, 5) is 0. The van der Waals surface area contributed by atoms with Crippen molar-refractivity contribution in [3.8, 4) is 0 Å². The van der Waals surface area contributed by atoms with E-state index in [9.17, 15) is 0 Å². The number of rotatable bonds is 0. The van der Waals surface area contributed by atoms with Gasteiger partial charge >= 0.3 is 0 Å². The summed E-state index contributed by atoms with van der Waals surface area (Å²) < 4.78 is 0. The molecule has 0 unspecified atom stereocenters. The van der Waals surface area contributed by atoms with E-state index in [2.05, 4.69) is 0 Å². The zero-order valence-electron chi connectivity index (χ0n) is 4.46. The number of hydrogen-bond acceptors (Lipinski definition) is 2. The summed E-state index contributed by atoms with van der Waals surface area (Å²) in [6.45, 7) is 0. The molecule has 0 aliphatic heterocycles. The highest BCUT2D eigenvalue weighted by Gasteiger charge is 1.85. The molecule has 42 valence electrons. The fourth-order valence-corrected chi connectivity index (χ4v) is 0.511.